The summed E-state index contributed by atoms with van der Waals surface area (Å²) in [5, 5.41) is 0. The zero-order valence-electron chi connectivity index (χ0n) is 23.5. The molecule has 1 aliphatic rings. The molecule has 41 heavy (non-hydrogen) atoms. The van der Waals surface area contributed by atoms with Crippen LogP contribution in [0.5, 0.6) is 0 Å². The lowest BCUT2D eigenvalue weighted by Gasteiger charge is -2.35. The van der Waals surface area contributed by atoms with E-state index in [1.807, 2.05) is 68.4 Å². The maximum atomic E-state index is 15.1. The molecule has 1 aromatic heterocycles. The number of nitrogens with two attached hydrogens (primary N) is 1. The Balaban J connectivity index is 1.72. The zero-order chi connectivity index (χ0) is 29.3. The molecule has 5 rings (SSSR count). The number of hydrogen-bond acceptors (Lipinski definition) is 4. The third-order valence-corrected chi connectivity index (χ3v) is 7.72. The highest BCUT2D eigenvalue weighted by Gasteiger charge is 2.36. The molecule has 3 aromatic carbocycles. The molecule has 1 atom stereocenters. The number of aromatic nitrogens is 2. The van der Waals surface area contributed by atoms with Gasteiger partial charge >= 0.3 is 0 Å². The molecule has 1 unspecified atom stereocenters. The first-order valence-corrected chi connectivity index (χ1v) is 13.9. The Bertz CT molecular complexity index is 1650. The third-order valence-electron chi connectivity index (χ3n) is 7.72. The standard InChI is InChI=1S/C33H34F2N4O2/c1-20(2)30(38(17-9-16-36)32(40)25-15-14-21(3)27(34)28(25)35)29-26(18-22-10-5-4-6-11-22)33(41)39-19-23-12-7-8-13-24(23)31(39)37-29/h4-8,10-15,20,30H,9,16-19,36H2,1-3H3. The van der Waals surface area contributed by atoms with E-state index in [-0.39, 0.29) is 29.1 Å². The van der Waals surface area contributed by atoms with Crippen LogP contribution in [0, 0.1) is 24.5 Å². The molecule has 0 spiro atoms. The van der Waals surface area contributed by atoms with Crippen molar-refractivity contribution in [1.82, 2.24) is 14.5 Å². The van der Waals surface area contributed by atoms with Crippen LogP contribution in [0.4, 0.5) is 8.78 Å². The van der Waals surface area contributed by atoms with E-state index in [0.29, 0.717) is 43.0 Å². The quantitative estimate of drug-likeness (QED) is 0.255. The minimum Gasteiger partial charge on any atom is -0.330 e. The van der Waals surface area contributed by atoms with Crippen LogP contribution in [0.2, 0.25) is 0 Å². The van der Waals surface area contributed by atoms with Gasteiger partial charge in [0.15, 0.2) is 11.6 Å². The smallest absolute Gasteiger partial charge is 0.257 e. The Morgan fingerprint density at radius 2 is 1.73 bits per heavy atom. The summed E-state index contributed by atoms with van der Waals surface area (Å²) < 4.78 is 31.4. The second-order valence-electron chi connectivity index (χ2n) is 10.9. The van der Waals surface area contributed by atoms with Crippen LogP contribution >= 0.6 is 0 Å². The molecule has 2 heterocycles. The lowest BCUT2D eigenvalue weighted by atomic mass is 9.92. The number of fused-ring (bicyclic) bond motifs is 3. The SMILES string of the molecule is Cc1ccc(C(=O)N(CCCN)C(c2nc3n(c(=O)c2Cc2ccccc2)Cc2ccccc2-3)C(C)C)c(F)c1F. The summed E-state index contributed by atoms with van der Waals surface area (Å²) in [7, 11) is 0. The molecule has 2 N–H and O–H groups in total. The Labute approximate surface area is 238 Å². The van der Waals surface area contributed by atoms with E-state index in [4.69, 9.17) is 10.7 Å². The van der Waals surface area contributed by atoms with Gasteiger partial charge in [0.1, 0.15) is 5.82 Å². The van der Waals surface area contributed by atoms with Gasteiger partial charge in [-0.1, -0.05) is 74.5 Å². The first kappa shape index (κ1) is 28.4. The predicted molar refractivity (Wildman–Crippen MR) is 156 cm³/mol. The molecule has 0 radical (unpaired) electrons. The number of rotatable bonds is 9. The molecule has 0 fully saturated rings. The molecule has 0 bridgehead atoms. The van der Waals surface area contributed by atoms with Crippen LogP contribution in [0.3, 0.4) is 0 Å². The summed E-state index contributed by atoms with van der Waals surface area (Å²) in [5.41, 5.74) is 9.17. The summed E-state index contributed by atoms with van der Waals surface area (Å²) in [6.07, 6.45) is 0.750. The maximum Gasteiger partial charge on any atom is 0.257 e. The van der Waals surface area contributed by atoms with Gasteiger partial charge in [0, 0.05) is 24.1 Å². The molecule has 1 aliphatic heterocycles. The van der Waals surface area contributed by atoms with Crippen LogP contribution in [0.25, 0.3) is 11.4 Å². The number of hydrogen-bond donors (Lipinski definition) is 1. The average Bonchev–Trinajstić information content (AvgIpc) is 3.34. The molecule has 212 valence electrons. The Kier molecular flexibility index (Phi) is 8.13. The summed E-state index contributed by atoms with van der Waals surface area (Å²) in [6.45, 7) is 6.22. The molecule has 6 nitrogen and oxygen atoms in total. The van der Waals surface area contributed by atoms with Gasteiger partial charge < -0.3 is 10.6 Å². The molecular weight excluding hydrogens is 522 g/mol. The van der Waals surface area contributed by atoms with E-state index in [1.165, 1.54) is 24.0 Å². The molecule has 0 aliphatic carbocycles. The minimum atomic E-state index is -1.18. The van der Waals surface area contributed by atoms with E-state index < -0.39 is 23.6 Å². The van der Waals surface area contributed by atoms with Gasteiger partial charge in [0.05, 0.1) is 23.8 Å². The zero-order valence-corrected chi connectivity index (χ0v) is 23.5. The number of benzene rings is 3. The van der Waals surface area contributed by atoms with Gasteiger partial charge in [0.25, 0.3) is 11.5 Å². The minimum absolute atomic E-state index is 0.116. The van der Waals surface area contributed by atoms with Gasteiger partial charge in [-0.3, -0.25) is 14.2 Å². The summed E-state index contributed by atoms with van der Waals surface area (Å²) in [4.78, 5) is 34.8. The number of carbonyl (C=O) groups is 1. The van der Waals surface area contributed by atoms with Crippen molar-refractivity contribution in [1.29, 1.82) is 0 Å². The van der Waals surface area contributed by atoms with Gasteiger partial charge in [-0.25, -0.2) is 13.8 Å². The highest BCUT2D eigenvalue weighted by Crippen LogP contribution is 2.36. The fraction of sp³-hybridized carbons (Fsp3) is 0.303. The van der Waals surface area contributed by atoms with Crippen molar-refractivity contribution in [3.05, 3.63) is 122 Å². The lowest BCUT2D eigenvalue weighted by Crippen LogP contribution is -2.41. The number of nitrogens with zero attached hydrogens (tertiary/aromatic N) is 3. The highest BCUT2D eigenvalue weighted by molar-refractivity contribution is 5.95. The average molecular weight is 557 g/mol. The fourth-order valence-electron chi connectivity index (χ4n) is 5.64. The first-order chi connectivity index (χ1) is 19.7. The number of carbonyl (C=O) groups excluding carboxylic acids is 1. The van der Waals surface area contributed by atoms with E-state index in [0.717, 1.165) is 16.7 Å². The van der Waals surface area contributed by atoms with E-state index in [2.05, 4.69) is 0 Å². The van der Waals surface area contributed by atoms with Crippen molar-refractivity contribution in [3.8, 4) is 11.4 Å². The highest BCUT2D eigenvalue weighted by atomic mass is 19.2. The second kappa shape index (κ2) is 11.7. The van der Waals surface area contributed by atoms with E-state index >= 15 is 4.39 Å². The van der Waals surface area contributed by atoms with Gasteiger partial charge in [-0.2, -0.15) is 0 Å². The van der Waals surface area contributed by atoms with Crippen molar-refractivity contribution in [2.45, 2.75) is 46.2 Å². The fourth-order valence-corrected chi connectivity index (χ4v) is 5.64. The van der Waals surface area contributed by atoms with Gasteiger partial charge in [0.2, 0.25) is 0 Å². The van der Waals surface area contributed by atoms with Crippen LogP contribution in [-0.4, -0.2) is 33.4 Å². The van der Waals surface area contributed by atoms with Gasteiger partial charge in [-0.15, -0.1) is 0 Å². The van der Waals surface area contributed by atoms with E-state index in [9.17, 15) is 14.0 Å². The summed E-state index contributed by atoms with van der Waals surface area (Å²) in [5.74, 6) is -2.57. The largest absolute Gasteiger partial charge is 0.330 e. The normalized spacial score (nSPS) is 12.8. The third kappa shape index (κ3) is 5.32. The van der Waals surface area contributed by atoms with Crippen molar-refractivity contribution in [2.24, 2.45) is 11.7 Å². The Morgan fingerprint density at radius 1 is 1.02 bits per heavy atom. The summed E-state index contributed by atoms with van der Waals surface area (Å²) >= 11 is 0. The lowest BCUT2D eigenvalue weighted by molar-refractivity contribution is 0.0608. The number of amides is 1. The second-order valence-corrected chi connectivity index (χ2v) is 10.9. The first-order valence-electron chi connectivity index (χ1n) is 13.9. The molecule has 0 saturated heterocycles. The predicted octanol–water partition coefficient (Wildman–Crippen LogP) is 5.64. The maximum absolute atomic E-state index is 15.1. The number of aryl methyl sites for hydroxylation is 1. The van der Waals surface area contributed by atoms with Crippen molar-refractivity contribution in [2.75, 3.05) is 13.1 Å². The molecule has 1 amide bonds. The molecule has 0 saturated carbocycles. The Hall–Kier alpha value is -4.17. The molecule has 8 heteroatoms. The van der Waals surface area contributed by atoms with Crippen molar-refractivity contribution < 1.29 is 13.6 Å². The van der Waals surface area contributed by atoms with Crippen LogP contribution < -0.4 is 11.3 Å². The van der Waals surface area contributed by atoms with Crippen LogP contribution in [0.1, 0.15) is 64.6 Å². The molecular formula is C33H34F2N4O2. The monoisotopic (exact) mass is 556 g/mol. The van der Waals surface area contributed by atoms with Gasteiger partial charge in [-0.05, 0) is 48.6 Å². The van der Waals surface area contributed by atoms with Crippen molar-refractivity contribution in [3.63, 3.8) is 0 Å². The summed E-state index contributed by atoms with van der Waals surface area (Å²) in [6, 6.07) is 19.4. The van der Waals surface area contributed by atoms with Crippen LogP contribution in [-0.2, 0) is 13.0 Å². The Morgan fingerprint density at radius 3 is 2.44 bits per heavy atom. The molecule has 4 aromatic rings. The van der Waals surface area contributed by atoms with Crippen LogP contribution in [0.15, 0.2) is 71.5 Å². The van der Waals surface area contributed by atoms with Crippen molar-refractivity contribution >= 4 is 5.91 Å². The topological polar surface area (TPSA) is 81.2 Å². The van der Waals surface area contributed by atoms with E-state index in [1.54, 1.807) is 4.57 Å². The number of halogens is 2.